The van der Waals surface area contributed by atoms with Crippen LogP contribution in [0, 0.1) is 5.92 Å². The summed E-state index contributed by atoms with van der Waals surface area (Å²) in [5, 5.41) is 6.98. The third-order valence-electron chi connectivity index (χ3n) is 6.50. The maximum Gasteiger partial charge on any atom is 0.191 e. The number of piperidine rings is 1. The zero-order valence-corrected chi connectivity index (χ0v) is 20.2. The van der Waals surface area contributed by atoms with Crippen molar-refractivity contribution in [1.29, 1.82) is 0 Å². The van der Waals surface area contributed by atoms with Gasteiger partial charge in [0.15, 0.2) is 5.96 Å². The summed E-state index contributed by atoms with van der Waals surface area (Å²) < 4.78 is 5.96. The summed E-state index contributed by atoms with van der Waals surface area (Å²) >= 11 is 0. The van der Waals surface area contributed by atoms with Crippen LogP contribution in [0.4, 0.5) is 0 Å². The minimum Gasteiger partial charge on any atom is -0.373 e. The van der Waals surface area contributed by atoms with Gasteiger partial charge in [0.1, 0.15) is 0 Å². The third-order valence-corrected chi connectivity index (χ3v) is 6.50. The summed E-state index contributed by atoms with van der Waals surface area (Å²) in [6, 6.07) is 9.41. The van der Waals surface area contributed by atoms with E-state index in [1.165, 1.54) is 49.9 Å². The Morgan fingerprint density at radius 3 is 2.45 bits per heavy atom. The molecule has 5 nitrogen and oxygen atoms in total. The van der Waals surface area contributed by atoms with Crippen molar-refractivity contribution in [2.24, 2.45) is 10.9 Å². The van der Waals surface area contributed by atoms with E-state index in [9.17, 15) is 0 Å². The smallest absolute Gasteiger partial charge is 0.191 e. The summed E-state index contributed by atoms with van der Waals surface area (Å²) in [6.45, 7) is 9.61. The Bertz CT molecular complexity index is 657. The third kappa shape index (κ3) is 6.31. The second-order valence-electron chi connectivity index (χ2n) is 8.83. The van der Waals surface area contributed by atoms with E-state index in [0.717, 1.165) is 31.4 Å². The molecule has 1 aromatic carbocycles. The fraction of sp³-hybridized carbons (Fsp3) is 0.696. The summed E-state index contributed by atoms with van der Waals surface area (Å²) in [6.07, 6.45) is 7.01. The van der Waals surface area contributed by atoms with Crippen LogP contribution in [-0.4, -0.2) is 48.7 Å². The van der Waals surface area contributed by atoms with Crippen molar-refractivity contribution in [3.8, 4) is 0 Å². The standard InChI is InChI=1S/C23H36N4O.HI/c1-3-24-23(26-21-14-20-8-9-22(21)28-20)25-15-18-4-6-19(7-5-18)16-27-12-10-17(2)11-13-27;/h4-7,17,20-22H,3,8-16H2,1-2H3,(H2,24,25,26);1H. The Hall–Kier alpha value is -0.860. The molecule has 0 spiro atoms. The number of hydrogen-bond acceptors (Lipinski definition) is 3. The Morgan fingerprint density at radius 1 is 1.10 bits per heavy atom. The van der Waals surface area contributed by atoms with Crippen LogP contribution in [0.2, 0.25) is 0 Å². The van der Waals surface area contributed by atoms with Crippen molar-refractivity contribution in [3.05, 3.63) is 35.4 Å². The lowest BCUT2D eigenvalue weighted by atomic mass is 9.96. The minimum atomic E-state index is 0. The molecule has 2 bridgehead atoms. The van der Waals surface area contributed by atoms with E-state index in [4.69, 9.17) is 9.73 Å². The van der Waals surface area contributed by atoms with E-state index in [1.54, 1.807) is 0 Å². The molecule has 3 atom stereocenters. The number of fused-ring (bicyclic) bond motifs is 2. The van der Waals surface area contributed by atoms with Gasteiger partial charge in [-0.3, -0.25) is 4.90 Å². The van der Waals surface area contributed by atoms with Crippen molar-refractivity contribution in [2.45, 2.75) is 77.3 Å². The molecule has 1 aromatic rings. The van der Waals surface area contributed by atoms with E-state index < -0.39 is 0 Å². The van der Waals surface area contributed by atoms with Gasteiger partial charge in [0, 0.05) is 13.1 Å². The Morgan fingerprint density at radius 2 is 1.83 bits per heavy atom. The Balaban J connectivity index is 0.00000240. The number of guanidine groups is 1. The molecule has 3 saturated heterocycles. The van der Waals surface area contributed by atoms with Crippen LogP contribution in [0.1, 0.15) is 57.1 Å². The molecule has 162 valence electrons. The fourth-order valence-corrected chi connectivity index (χ4v) is 4.68. The number of ether oxygens (including phenoxy) is 1. The van der Waals surface area contributed by atoms with Gasteiger partial charge in [-0.2, -0.15) is 0 Å². The molecular weight excluding hydrogens is 475 g/mol. The van der Waals surface area contributed by atoms with E-state index in [0.29, 0.717) is 24.8 Å². The van der Waals surface area contributed by atoms with Crippen molar-refractivity contribution >= 4 is 29.9 Å². The van der Waals surface area contributed by atoms with Crippen molar-refractivity contribution < 1.29 is 4.74 Å². The van der Waals surface area contributed by atoms with E-state index >= 15 is 0 Å². The van der Waals surface area contributed by atoms with Crippen LogP contribution >= 0.6 is 24.0 Å². The molecule has 3 heterocycles. The molecule has 0 saturated carbocycles. The lowest BCUT2D eigenvalue weighted by molar-refractivity contribution is 0.0992. The molecule has 3 aliphatic heterocycles. The van der Waals surface area contributed by atoms with Crippen LogP contribution in [0.5, 0.6) is 0 Å². The van der Waals surface area contributed by atoms with Gasteiger partial charge in [0.25, 0.3) is 0 Å². The first-order chi connectivity index (χ1) is 13.7. The predicted molar refractivity (Wildman–Crippen MR) is 130 cm³/mol. The number of likely N-dealkylation sites (tertiary alicyclic amines) is 1. The van der Waals surface area contributed by atoms with Crippen LogP contribution in [0.3, 0.4) is 0 Å². The molecule has 0 aromatic heterocycles. The molecule has 0 aliphatic carbocycles. The SMILES string of the molecule is CCNC(=NCc1ccc(CN2CCC(C)CC2)cc1)NC1CC2CCC1O2.I. The van der Waals surface area contributed by atoms with Crippen LogP contribution < -0.4 is 10.6 Å². The maximum atomic E-state index is 5.96. The Labute approximate surface area is 193 Å². The maximum absolute atomic E-state index is 5.96. The van der Waals surface area contributed by atoms with Crippen LogP contribution in [0.25, 0.3) is 0 Å². The van der Waals surface area contributed by atoms with Crippen molar-refractivity contribution in [2.75, 3.05) is 19.6 Å². The number of rotatable bonds is 6. The van der Waals surface area contributed by atoms with Crippen molar-refractivity contribution in [1.82, 2.24) is 15.5 Å². The molecule has 0 amide bonds. The molecule has 4 rings (SSSR count). The summed E-state index contributed by atoms with van der Waals surface area (Å²) in [7, 11) is 0. The lowest BCUT2D eigenvalue weighted by Crippen LogP contribution is -2.47. The number of aliphatic imine (C=N–C) groups is 1. The molecule has 2 N–H and O–H groups in total. The molecule has 29 heavy (non-hydrogen) atoms. The number of hydrogen-bond donors (Lipinski definition) is 2. The Kier molecular flexibility index (Phi) is 8.62. The average Bonchev–Trinajstić information content (AvgIpc) is 3.32. The normalized spacial score (nSPS) is 27.7. The average molecular weight is 512 g/mol. The number of nitrogens with one attached hydrogen (secondary N) is 2. The highest BCUT2D eigenvalue weighted by atomic mass is 127. The van der Waals surface area contributed by atoms with E-state index in [-0.39, 0.29) is 24.0 Å². The zero-order valence-electron chi connectivity index (χ0n) is 17.9. The van der Waals surface area contributed by atoms with Crippen LogP contribution in [0.15, 0.2) is 29.3 Å². The first-order valence-corrected chi connectivity index (χ1v) is 11.2. The molecule has 3 aliphatic rings. The highest BCUT2D eigenvalue weighted by Gasteiger charge is 2.41. The van der Waals surface area contributed by atoms with Gasteiger partial charge in [-0.05, 0) is 69.2 Å². The largest absolute Gasteiger partial charge is 0.373 e. The quantitative estimate of drug-likeness (QED) is 0.345. The monoisotopic (exact) mass is 512 g/mol. The number of nitrogens with zero attached hydrogens (tertiary/aromatic N) is 2. The van der Waals surface area contributed by atoms with E-state index in [2.05, 4.69) is 53.6 Å². The van der Waals surface area contributed by atoms with Crippen LogP contribution in [-0.2, 0) is 17.8 Å². The van der Waals surface area contributed by atoms with E-state index in [1.807, 2.05) is 0 Å². The van der Waals surface area contributed by atoms with Gasteiger partial charge in [-0.1, -0.05) is 31.2 Å². The minimum absolute atomic E-state index is 0. The second-order valence-corrected chi connectivity index (χ2v) is 8.83. The molecular formula is C23H37IN4O. The molecule has 6 heteroatoms. The summed E-state index contributed by atoms with van der Waals surface area (Å²) in [5.41, 5.74) is 2.67. The van der Waals surface area contributed by atoms with Gasteiger partial charge < -0.3 is 15.4 Å². The van der Waals surface area contributed by atoms with Gasteiger partial charge in [0.05, 0.1) is 24.8 Å². The first kappa shape index (κ1) is 22.8. The highest BCUT2D eigenvalue weighted by Crippen LogP contribution is 2.34. The molecule has 0 radical (unpaired) electrons. The van der Waals surface area contributed by atoms with Gasteiger partial charge in [0.2, 0.25) is 0 Å². The lowest BCUT2D eigenvalue weighted by Gasteiger charge is -2.30. The van der Waals surface area contributed by atoms with Gasteiger partial charge in [-0.15, -0.1) is 24.0 Å². The fourth-order valence-electron chi connectivity index (χ4n) is 4.68. The van der Waals surface area contributed by atoms with Gasteiger partial charge in [-0.25, -0.2) is 4.99 Å². The topological polar surface area (TPSA) is 48.9 Å². The summed E-state index contributed by atoms with van der Waals surface area (Å²) in [4.78, 5) is 7.39. The first-order valence-electron chi connectivity index (χ1n) is 11.2. The molecule has 3 fully saturated rings. The highest BCUT2D eigenvalue weighted by molar-refractivity contribution is 14.0. The van der Waals surface area contributed by atoms with Gasteiger partial charge >= 0.3 is 0 Å². The van der Waals surface area contributed by atoms with Crippen molar-refractivity contribution in [3.63, 3.8) is 0 Å². The number of halogens is 1. The predicted octanol–water partition coefficient (Wildman–Crippen LogP) is 3.91. The zero-order chi connectivity index (χ0) is 19.3. The second kappa shape index (κ2) is 11.0. The summed E-state index contributed by atoms with van der Waals surface area (Å²) in [5.74, 6) is 1.80. The number of benzene rings is 1. The molecule has 3 unspecified atom stereocenters.